The van der Waals surface area contributed by atoms with Gasteiger partial charge in [-0.2, -0.15) is 0 Å². The first-order chi connectivity index (χ1) is 15.3. The molecule has 0 atom stereocenters. The first-order valence-electron chi connectivity index (χ1n) is 10.0. The Morgan fingerprint density at radius 1 is 0.969 bits per heavy atom. The number of carbonyl (C=O) groups is 2. The molecule has 3 aromatic rings. The number of thioether (sulfide) groups is 1. The van der Waals surface area contributed by atoms with Crippen LogP contribution in [0.1, 0.15) is 28.1 Å². The third-order valence-electron chi connectivity index (χ3n) is 5.44. The summed E-state index contributed by atoms with van der Waals surface area (Å²) in [5.41, 5.74) is 4.80. The Bertz CT molecular complexity index is 1230. The molecule has 0 aliphatic carbocycles. The van der Waals surface area contributed by atoms with Gasteiger partial charge in [-0.05, 0) is 54.4 Å². The number of rotatable bonds is 6. The van der Waals surface area contributed by atoms with Crippen molar-refractivity contribution >= 4 is 34.7 Å². The van der Waals surface area contributed by atoms with Gasteiger partial charge in [-0.15, -0.1) is 0 Å². The van der Waals surface area contributed by atoms with Gasteiger partial charge in [0, 0.05) is 30.1 Å². The van der Waals surface area contributed by atoms with Crippen LogP contribution in [0.5, 0.6) is 0 Å². The lowest BCUT2D eigenvalue weighted by molar-refractivity contribution is -0.384. The van der Waals surface area contributed by atoms with Gasteiger partial charge in [0.1, 0.15) is 0 Å². The van der Waals surface area contributed by atoms with E-state index < -0.39 is 4.92 Å². The Morgan fingerprint density at radius 3 is 2.28 bits per heavy atom. The third-order valence-corrected chi connectivity index (χ3v) is 6.35. The quantitative estimate of drug-likeness (QED) is 0.291. The summed E-state index contributed by atoms with van der Waals surface area (Å²) in [6, 6.07) is 18.0. The number of hydrogen-bond acceptors (Lipinski definition) is 5. The zero-order chi connectivity index (χ0) is 22.8. The Morgan fingerprint density at radius 2 is 1.62 bits per heavy atom. The van der Waals surface area contributed by atoms with Crippen molar-refractivity contribution in [3.8, 4) is 0 Å². The molecule has 2 aromatic carbocycles. The van der Waals surface area contributed by atoms with Crippen LogP contribution in [-0.2, 0) is 17.9 Å². The number of aryl methyl sites for hydroxylation is 1. The smallest absolute Gasteiger partial charge is 0.293 e. The van der Waals surface area contributed by atoms with Gasteiger partial charge in [0.05, 0.1) is 16.4 Å². The van der Waals surface area contributed by atoms with Crippen molar-refractivity contribution in [1.82, 2.24) is 9.47 Å². The Kier molecular flexibility index (Phi) is 5.96. The van der Waals surface area contributed by atoms with Crippen molar-refractivity contribution in [1.29, 1.82) is 0 Å². The van der Waals surface area contributed by atoms with Gasteiger partial charge >= 0.3 is 0 Å². The molecular formula is C24H21N3O4S. The Balaban J connectivity index is 1.54. The predicted molar refractivity (Wildman–Crippen MR) is 124 cm³/mol. The number of nitro benzene ring substituents is 1. The number of amides is 2. The van der Waals surface area contributed by atoms with Crippen molar-refractivity contribution in [2.45, 2.75) is 26.9 Å². The lowest BCUT2D eigenvalue weighted by Gasteiger charge is -2.12. The van der Waals surface area contributed by atoms with Gasteiger partial charge in [0.2, 0.25) is 0 Å². The van der Waals surface area contributed by atoms with E-state index in [1.165, 1.54) is 22.6 Å². The van der Waals surface area contributed by atoms with Gasteiger partial charge in [-0.3, -0.25) is 24.6 Å². The second-order valence-electron chi connectivity index (χ2n) is 7.59. The molecule has 0 bridgehead atoms. The average molecular weight is 448 g/mol. The maximum absolute atomic E-state index is 12.9. The highest BCUT2D eigenvalue weighted by Crippen LogP contribution is 2.34. The first-order valence-corrected chi connectivity index (χ1v) is 10.8. The molecule has 0 unspecified atom stereocenters. The summed E-state index contributed by atoms with van der Waals surface area (Å²) < 4.78 is 2.18. The van der Waals surface area contributed by atoms with E-state index in [1.807, 2.05) is 38.1 Å². The summed E-state index contributed by atoms with van der Waals surface area (Å²) in [4.78, 5) is 37.2. The van der Waals surface area contributed by atoms with Crippen molar-refractivity contribution in [3.05, 3.63) is 104 Å². The summed E-state index contributed by atoms with van der Waals surface area (Å²) >= 11 is 0.913. The number of nitrogens with zero attached hydrogens (tertiary/aromatic N) is 3. The maximum atomic E-state index is 12.9. The molecule has 0 saturated carbocycles. The summed E-state index contributed by atoms with van der Waals surface area (Å²) in [6.07, 6.45) is 1.77. The molecule has 4 rings (SSSR count). The van der Waals surface area contributed by atoms with E-state index in [-0.39, 0.29) is 23.4 Å². The van der Waals surface area contributed by atoms with Crippen molar-refractivity contribution in [3.63, 3.8) is 0 Å². The summed E-state index contributed by atoms with van der Waals surface area (Å²) in [5.74, 6) is -0.355. The molecule has 2 heterocycles. The van der Waals surface area contributed by atoms with Crippen LogP contribution in [0.4, 0.5) is 10.5 Å². The Labute approximate surface area is 189 Å². The molecule has 1 aliphatic heterocycles. The summed E-state index contributed by atoms with van der Waals surface area (Å²) in [7, 11) is 0. The van der Waals surface area contributed by atoms with Crippen LogP contribution >= 0.6 is 11.8 Å². The molecule has 1 fully saturated rings. The van der Waals surface area contributed by atoms with E-state index in [0.717, 1.165) is 35.3 Å². The second-order valence-corrected chi connectivity index (χ2v) is 8.58. The number of nitro groups is 1. The molecule has 2 amide bonds. The molecule has 0 radical (unpaired) electrons. The minimum Gasteiger partial charge on any atom is -0.344 e. The fourth-order valence-corrected chi connectivity index (χ4v) is 4.50. The summed E-state index contributed by atoms with van der Waals surface area (Å²) in [6.45, 7) is 4.83. The van der Waals surface area contributed by atoms with Crippen LogP contribution in [0.2, 0.25) is 0 Å². The average Bonchev–Trinajstić information content (AvgIpc) is 3.19. The molecule has 1 aliphatic rings. The Hall–Kier alpha value is -3.65. The molecule has 8 heteroatoms. The van der Waals surface area contributed by atoms with Crippen LogP contribution < -0.4 is 0 Å². The maximum Gasteiger partial charge on any atom is 0.293 e. The van der Waals surface area contributed by atoms with Gasteiger partial charge in [-0.1, -0.05) is 42.5 Å². The number of carbonyl (C=O) groups excluding carboxylic acids is 2. The zero-order valence-corrected chi connectivity index (χ0v) is 18.5. The highest BCUT2D eigenvalue weighted by atomic mass is 32.2. The van der Waals surface area contributed by atoms with Gasteiger partial charge in [-0.25, -0.2) is 0 Å². The standard InChI is InChI=1S/C24H21N3O4S/c1-16-12-20(17(2)25(16)14-18-6-4-3-5-7-18)13-22-23(28)26(24(29)32-22)15-19-8-10-21(11-9-19)27(30)31/h3-13H,14-15H2,1-2H3/b22-13-. The van der Waals surface area contributed by atoms with Gasteiger partial charge in [0.25, 0.3) is 16.8 Å². The minimum absolute atomic E-state index is 0.0337. The minimum atomic E-state index is -0.485. The van der Waals surface area contributed by atoms with Gasteiger partial charge in [0.15, 0.2) is 0 Å². The first kappa shape index (κ1) is 21.6. The van der Waals surface area contributed by atoms with Crippen LogP contribution in [0.15, 0.2) is 65.6 Å². The highest BCUT2D eigenvalue weighted by molar-refractivity contribution is 8.18. The van der Waals surface area contributed by atoms with E-state index in [1.54, 1.807) is 18.2 Å². The normalized spacial score (nSPS) is 15.1. The molecular weight excluding hydrogens is 426 g/mol. The number of benzene rings is 2. The molecule has 162 valence electrons. The highest BCUT2D eigenvalue weighted by Gasteiger charge is 2.35. The third kappa shape index (κ3) is 4.36. The van der Waals surface area contributed by atoms with E-state index in [4.69, 9.17) is 0 Å². The molecule has 32 heavy (non-hydrogen) atoms. The largest absolute Gasteiger partial charge is 0.344 e. The zero-order valence-electron chi connectivity index (χ0n) is 17.6. The molecule has 1 saturated heterocycles. The number of imide groups is 1. The van der Waals surface area contributed by atoms with E-state index in [9.17, 15) is 19.7 Å². The lowest BCUT2D eigenvalue weighted by atomic mass is 10.2. The fourth-order valence-electron chi connectivity index (χ4n) is 3.67. The lowest BCUT2D eigenvalue weighted by Crippen LogP contribution is -2.27. The number of non-ortho nitro benzene ring substituents is 1. The van der Waals surface area contributed by atoms with Crippen molar-refractivity contribution < 1.29 is 14.5 Å². The summed E-state index contributed by atoms with van der Waals surface area (Å²) in [5, 5.41) is 10.5. The molecule has 0 N–H and O–H groups in total. The van der Waals surface area contributed by atoms with Crippen molar-refractivity contribution in [2.24, 2.45) is 0 Å². The fraction of sp³-hybridized carbons (Fsp3) is 0.167. The topological polar surface area (TPSA) is 85.5 Å². The van der Waals surface area contributed by atoms with Crippen LogP contribution in [0.3, 0.4) is 0 Å². The molecule has 1 aromatic heterocycles. The van der Waals surface area contributed by atoms with E-state index in [2.05, 4.69) is 16.7 Å². The molecule has 0 spiro atoms. The van der Waals surface area contributed by atoms with Crippen LogP contribution in [0.25, 0.3) is 6.08 Å². The second kappa shape index (κ2) is 8.84. The van der Waals surface area contributed by atoms with Gasteiger partial charge < -0.3 is 4.57 Å². The predicted octanol–water partition coefficient (Wildman–Crippen LogP) is 5.30. The van der Waals surface area contributed by atoms with Crippen LogP contribution in [-0.4, -0.2) is 25.5 Å². The number of aromatic nitrogens is 1. The van der Waals surface area contributed by atoms with E-state index in [0.29, 0.717) is 10.5 Å². The monoisotopic (exact) mass is 447 g/mol. The SMILES string of the molecule is Cc1cc(/C=C2\SC(=O)N(Cc3ccc([N+](=O)[O-])cc3)C2=O)c(C)n1Cc1ccccc1. The van der Waals surface area contributed by atoms with E-state index >= 15 is 0 Å². The van der Waals surface area contributed by atoms with Crippen molar-refractivity contribution in [2.75, 3.05) is 0 Å². The number of hydrogen-bond donors (Lipinski definition) is 0. The van der Waals surface area contributed by atoms with Crippen LogP contribution in [0, 0.1) is 24.0 Å². The molecule has 7 nitrogen and oxygen atoms in total.